The molecule has 1 aliphatic heterocycles. The van der Waals surface area contributed by atoms with Gasteiger partial charge in [-0.1, -0.05) is 12.2 Å². The first-order valence-electron chi connectivity index (χ1n) is 5.59. The van der Waals surface area contributed by atoms with Crippen LogP contribution in [0.3, 0.4) is 0 Å². The summed E-state index contributed by atoms with van der Waals surface area (Å²) in [5.41, 5.74) is 0. The van der Waals surface area contributed by atoms with Crippen molar-refractivity contribution in [1.82, 2.24) is 15.1 Å². The second-order valence-corrected chi connectivity index (χ2v) is 4.10. The van der Waals surface area contributed by atoms with E-state index in [1.54, 1.807) is 17.1 Å². The Hall–Kier alpha value is -1.13. The zero-order chi connectivity index (χ0) is 12.0. The van der Waals surface area contributed by atoms with E-state index in [0.29, 0.717) is 25.7 Å². The summed E-state index contributed by atoms with van der Waals surface area (Å²) in [6.45, 7) is 10.9. The number of amides is 1. The number of hydrogen-bond donors (Lipinski definition) is 1. The van der Waals surface area contributed by atoms with Gasteiger partial charge in [-0.3, -0.25) is 9.69 Å². The van der Waals surface area contributed by atoms with Crippen molar-refractivity contribution in [2.24, 2.45) is 0 Å². The topological polar surface area (TPSA) is 35.6 Å². The molecule has 1 aliphatic rings. The fourth-order valence-corrected chi connectivity index (χ4v) is 1.62. The third kappa shape index (κ3) is 3.47. The number of rotatable bonds is 7. The SMILES string of the molecule is C=CCN(CC=C)C(=O)CN(C)C1CNC1. The molecule has 1 N–H and O–H groups in total. The van der Waals surface area contributed by atoms with E-state index >= 15 is 0 Å². The minimum atomic E-state index is 0.134. The van der Waals surface area contributed by atoms with Crippen molar-refractivity contribution in [3.05, 3.63) is 25.3 Å². The van der Waals surface area contributed by atoms with Crippen LogP contribution in [0.2, 0.25) is 0 Å². The molecular formula is C12H21N3O. The van der Waals surface area contributed by atoms with Gasteiger partial charge in [0.05, 0.1) is 6.54 Å². The molecule has 0 unspecified atom stereocenters. The van der Waals surface area contributed by atoms with Gasteiger partial charge in [0.15, 0.2) is 0 Å². The second-order valence-electron chi connectivity index (χ2n) is 4.10. The van der Waals surface area contributed by atoms with Crippen LogP contribution in [-0.2, 0) is 4.79 Å². The third-order valence-corrected chi connectivity index (χ3v) is 2.82. The summed E-state index contributed by atoms with van der Waals surface area (Å²) < 4.78 is 0. The van der Waals surface area contributed by atoms with E-state index in [1.807, 2.05) is 7.05 Å². The molecule has 16 heavy (non-hydrogen) atoms. The predicted molar refractivity (Wildman–Crippen MR) is 66.3 cm³/mol. The highest BCUT2D eigenvalue weighted by molar-refractivity contribution is 5.78. The Morgan fingerprint density at radius 1 is 1.38 bits per heavy atom. The number of nitrogens with one attached hydrogen (secondary N) is 1. The molecule has 4 nitrogen and oxygen atoms in total. The van der Waals surface area contributed by atoms with E-state index in [2.05, 4.69) is 23.4 Å². The van der Waals surface area contributed by atoms with Crippen LogP contribution in [0.4, 0.5) is 0 Å². The Morgan fingerprint density at radius 3 is 2.31 bits per heavy atom. The van der Waals surface area contributed by atoms with E-state index < -0.39 is 0 Å². The highest BCUT2D eigenvalue weighted by Gasteiger charge is 2.24. The maximum absolute atomic E-state index is 11.9. The summed E-state index contributed by atoms with van der Waals surface area (Å²) in [7, 11) is 1.99. The van der Waals surface area contributed by atoms with Crippen molar-refractivity contribution < 1.29 is 4.79 Å². The molecular weight excluding hydrogens is 202 g/mol. The second kappa shape index (κ2) is 6.45. The molecule has 4 heteroatoms. The molecule has 0 radical (unpaired) electrons. The molecule has 0 aromatic carbocycles. The lowest BCUT2D eigenvalue weighted by Gasteiger charge is -2.36. The normalized spacial score (nSPS) is 15.6. The zero-order valence-electron chi connectivity index (χ0n) is 9.98. The van der Waals surface area contributed by atoms with E-state index in [4.69, 9.17) is 0 Å². The third-order valence-electron chi connectivity index (χ3n) is 2.82. The fourth-order valence-electron chi connectivity index (χ4n) is 1.62. The molecule has 0 bridgehead atoms. The van der Waals surface area contributed by atoms with Gasteiger partial charge in [0, 0.05) is 32.2 Å². The van der Waals surface area contributed by atoms with Crippen LogP contribution in [0.1, 0.15) is 0 Å². The summed E-state index contributed by atoms with van der Waals surface area (Å²) in [6.07, 6.45) is 3.48. The van der Waals surface area contributed by atoms with Crippen LogP contribution in [0.5, 0.6) is 0 Å². The molecule has 0 aromatic heterocycles. The molecule has 90 valence electrons. The van der Waals surface area contributed by atoms with Crippen molar-refractivity contribution in [3.8, 4) is 0 Å². The molecule has 0 aromatic rings. The van der Waals surface area contributed by atoms with Gasteiger partial charge in [0.1, 0.15) is 0 Å². The van der Waals surface area contributed by atoms with Crippen molar-refractivity contribution >= 4 is 5.91 Å². The quantitative estimate of drug-likeness (QED) is 0.621. The summed E-state index contributed by atoms with van der Waals surface area (Å²) in [5, 5.41) is 3.20. The van der Waals surface area contributed by atoms with Crippen molar-refractivity contribution in [2.45, 2.75) is 6.04 Å². The van der Waals surface area contributed by atoms with Crippen LogP contribution in [0.25, 0.3) is 0 Å². The Bertz CT molecular complexity index is 251. The number of hydrogen-bond acceptors (Lipinski definition) is 3. The van der Waals surface area contributed by atoms with Crippen molar-refractivity contribution in [1.29, 1.82) is 0 Å². The maximum atomic E-state index is 11.9. The highest BCUT2D eigenvalue weighted by Crippen LogP contribution is 2.03. The Labute approximate surface area is 97.6 Å². The maximum Gasteiger partial charge on any atom is 0.237 e. The van der Waals surface area contributed by atoms with Gasteiger partial charge in [0.25, 0.3) is 0 Å². The molecule has 0 spiro atoms. The first-order valence-corrected chi connectivity index (χ1v) is 5.59. The van der Waals surface area contributed by atoms with Gasteiger partial charge >= 0.3 is 0 Å². The minimum absolute atomic E-state index is 0.134. The lowest BCUT2D eigenvalue weighted by atomic mass is 10.1. The molecule has 1 fully saturated rings. The average Bonchev–Trinajstić information content (AvgIpc) is 2.14. The Morgan fingerprint density at radius 2 is 1.94 bits per heavy atom. The van der Waals surface area contributed by atoms with Crippen LogP contribution in [0.15, 0.2) is 25.3 Å². The Kier molecular flexibility index (Phi) is 5.22. The first kappa shape index (κ1) is 12.9. The molecule has 1 rings (SSSR count). The lowest BCUT2D eigenvalue weighted by molar-refractivity contribution is -0.131. The largest absolute Gasteiger partial charge is 0.334 e. The summed E-state index contributed by atoms with van der Waals surface area (Å²) in [5.74, 6) is 0.134. The van der Waals surface area contributed by atoms with Gasteiger partial charge in [-0.2, -0.15) is 0 Å². The molecule has 1 saturated heterocycles. The number of carbonyl (C=O) groups is 1. The smallest absolute Gasteiger partial charge is 0.237 e. The number of likely N-dealkylation sites (N-methyl/N-ethyl adjacent to an activating group) is 1. The molecule has 0 saturated carbocycles. The van der Waals surface area contributed by atoms with E-state index in [9.17, 15) is 4.79 Å². The Balaban J connectivity index is 2.39. The number of nitrogens with zero attached hydrogens (tertiary/aromatic N) is 2. The average molecular weight is 223 g/mol. The molecule has 1 heterocycles. The monoisotopic (exact) mass is 223 g/mol. The van der Waals surface area contributed by atoms with Crippen LogP contribution in [0, 0.1) is 0 Å². The minimum Gasteiger partial charge on any atom is -0.334 e. The van der Waals surface area contributed by atoms with Gasteiger partial charge < -0.3 is 10.2 Å². The van der Waals surface area contributed by atoms with E-state index in [1.165, 1.54) is 0 Å². The van der Waals surface area contributed by atoms with Crippen LogP contribution >= 0.6 is 0 Å². The fraction of sp³-hybridized carbons (Fsp3) is 0.583. The van der Waals surface area contributed by atoms with Crippen molar-refractivity contribution in [2.75, 3.05) is 39.8 Å². The highest BCUT2D eigenvalue weighted by atomic mass is 16.2. The first-order chi connectivity index (χ1) is 7.69. The number of carbonyl (C=O) groups excluding carboxylic acids is 1. The molecule has 1 amide bonds. The molecule has 0 atom stereocenters. The van der Waals surface area contributed by atoms with Crippen molar-refractivity contribution in [3.63, 3.8) is 0 Å². The van der Waals surface area contributed by atoms with Gasteiger partial charge in [-0.05, 0) is 7.05 Å². The summed E-state index contributed by atoms with van der Waals surface area (Å²) in [6, 6.07) is 0.498. The lowest BCUT2D eigenvalue weighted by Crippen LogP contribution is -2.57. The van der Waals surface area contributed by atoms with Gasteiger partial charge in [-0.15, -0.1) is 13.2 Å². The van der Waals surface area contributed by atoms with Crippen LogP contribution in [-0.4, -0.2) is 61.5 Å². The summed E-state index contributed by atoms with van der Waals surface area (Å²) in [4.78, 5) is 15.8. The predicted octanol–water partition coefficient (Wildman–Crippen LogP) is 0.0906. The standard InChI is InChI=1S/C12H21N3O/c1-4-6-15(7-5-2)12(16)10-14(3)11-8-13-9-11/h4-5,11,13H,1-2,6-10H2,3H3. The van der Waals surface area contributed by atoms with E-state index in [-0.39, 0.29) is 5.91 Å². The van der Waals surface area contributed by atoms with Gasteiger partial charge in [0.2, 0.25) is 5.91 Å². The zero-order valence-corrected chi connectivity index (χ0v) is 9.98. The molecule has 0 aliphatic carbocycles. The van der Waals surface area contributed by atoms with E-state index in [0.717, 1.165) is 13.1 Å². The van der Waals surface area contributed by atoms with Crippen LogP contribution < -0.4 is 5.32 Å². The summed E-state index contributed by atoms with van der Waals surface area (Å²) >= 11 is 0. The van der Waals surface area contributed by atoms with Gasteiger partial charge in [-0.25, -0.2) is 0 Å².